The van der Waals surface area contributed by atoms with Crippen LogP contribution in [0.1, 0.15) is 23.6 Å². The van der Waals surface area contributed by atoms with Gasteiger partial charge in [0.15, 0.2) is 6.61 Å². The van der Waals surface area contributed by atoms with Crippen molar-refractivity contribution in [2.45, 2.75) is 27.7 Å². The summed E-state index contributed by atoms with van der Waals surface area (Å²) in [4.78, 5) is 16.5. The van der Waals surface area contributed by atoms with Crippen LogP contribution in [0.25, 0.3) is 0 Å². The first kappa shape index (κ1) is 15.8. The minimum atomic E-state index is 0.0881. The molecule has 1 aromatic carbocycles. The van der Waals surface area contributed by atoms with Gasteiger partial charge in [0.1, 0.15) is 5.75 Å². The van der Waals surface area contributed by atoms with Gasteiger partial charge >= 0.3 is 0 Å². The second-order valence-corrected chi connectivity index (χ2v) is 5.83. The maximum Gasteiger partial charge on any atom is 0.260 e. The Balaban J connectivity index is 1.90. The lowest BCUT2D eigenvalue weighted by Gasteiger charge is -2.34. The number of benzene rings is 1. The molecule has 1 amide bonds. The van der Waals surface area contributed by atoms with Gasteiger partial charge in [0.2, 0.25) is 0 Å². The molecule has 0 atom stereocenters. The van der Waals surface area contributed by atoms with Crippen LogP contribution in [-0.4, -0.2) is 55.0 Å². The van der Waals surface area contributed by atoms with Crippen molar-refractivity contribution in [3.05, 3.63) is 28.8 Å². The van der Waals surface area contributed by atoms with E-state index in [-0.39, 0.29) is 12.5 Å². The smallest absolute Gasteiger partial charge is 0.260 e. The third-order valence-corrected chi connectivity index (χ3v) is 4.12. The molecule has 0 aromatic heterocycles. The van der Waals surface area contributed by atoms with Gasteiger partial charge in [-0.2, -0.15) is 0 Å². The molecule has 0 saturated carbocycles. The molecule has 1 aliphatic rings. The minimum absolute atomic E-state index is 0.0881. The van der Waals surface area contributed by atoms with E-state index in [0.29, 0.717) is 0 Å². The molecule has 0 spiro atoms. The van der Waals surface area contributed by atoms with E-state index in [2.05, 4.69) is 30.9 Å². The van der Waals surface area contributed by atoms with Crippen LogP contribution in [0.4, 0.5) is 0 Å². The predicted molar refractivity (Wildman–Crippen MR) is 84.8 cm³/mol. The summed E-state index contributed by atoms with van der Waals surface area (Å²) in [5.74, 6) is 0.936. The quantitative estimate of drug-likeness (QED) is 0.852. The topological polar surface area (TPSA) is 32.8 Å². The molecule has 1 aromatic rings. The van der Waals surface area contributed by atoms with E-state index in [9.17, 15) is 4.79 Å². The van der Waals surface area contributed by atoms with Crippen LogP contribution >= 0.6 is 0 Å². The number of carbonyl (C=O) groups excluding carboxylic acids is 1. The van der Waals surface area contributed by atoms with Crippen molar-refractivity contribution in [1.29, 1.82) is 0 Å². The van der Waals surface area contributed by atoms with E-state index in [0.717, 1.165) is 49.6 Å². The molecule has 0 radical (unpaired) electrons. The number of hydrogen-bond donors (Lipinski definition) is 0. The maximum absolute atomic E-state index is 12.2. The van der Waals surface area contributed by atoms with Gasteiger partial charge in [-0.3, -0.25) is 4.79 Å². The number of rotatable bonds is 4. The van der Waals surface area contributed by atoms with Crippen molar-refractivity contribution < 1.29 is 9.53 Å². The van der Waals surface area contributed by atoms with Crippen molar-refractivity contribution >= 4 is 5.91 Å². The summed E-state index contributed by atoms with van der Waals surface area (Å²) in [6.45, 7) is 13.0. The first-order valence-electron chi connectivity index (χ1n) is 7.72. The zero-order valence-corrected chi connectivity index (χ0v) is 13.6. The highest BCUT2D eigenvalue weighted by molar-refractivity contribution is 5.78. The summed E-state index contributed by atoms with van der Waals surface area (Å²) >= 11 is 0. The molecular formula is C17H26N2O2. The number of aryl methyl sites for hydroxylation is 3. The fourth-order valence-electron chi connectivity index (χ4n) is 2.93. The van der Waals surface area contributed by atoms with E-state index in [4.69, 9.17) is 4.74 Å². The molecule has 2 rings (SSSR count). The average Bonchev–Trinajstić information content (AvgIpc) is 2.46. The van der Waals surface area contributed by atoms with Crippen molar-refractivity contribution in [3.8, 4) is 5.75 Å². The number of ether oxygens (including phenoxy) is 1. The van der Waals surface area contributed by atoms with Crippen LogP contribution in [0.5, 0.6) is 5.75 Å². The van der Waals surface area contributed by atoms with Gasteiger partial charge in [0.05, 0.1) is 0 Å². The van der Waals surface area contributed by atoms with Gasteiger partial charge in [0.25, 0.3) is 5.91 Å². The zero-order valence-electron chi connectivity index (χ0n) is 13.6. The maximum atomic E-state index is 12.2. The van der Waals surface area contributed by atoms with Gasteiger partial charge in [0, 0.05) is 26.2 Å². The largest absolute Gasteiger partial charge is 0.483 e. The first-order valence-corrected chi connectivity index (χ1v) is 7.72. The Morgan fingerprint density at radius 3 is 2.19 bits per heavy atom. The Labute approximate surface area is 127 Å². The molecule has 21 heavy (non-hydrogen) atoms. The highest BCUT2D eigenvalue weighted by Gasteiger charge is 2.20. The van der Waals surface area contributed by atoms with E-state index < -0.39 is 0 Å². The molecule has 0 N–H and O–H groups in total. The molecule has 0 bridgehead atoms. The number of nitrogens with zero attached hydrogens (tertiary/aromatic N) is 2. The summed E-state index contributed by atoms with van der Waals surface area (Å²) in [7, 11) is 0. The molecule has 4 nitrogen and oxygen atoms in total. The van der Waals surface area contributed by atoms with Crippen LogP contribution in [-0.2, 0) is 4.79 Å². The van der Waals surface area contributed by atoms with Gasteiger partial charge in [-0.15, -0.1) is 0 Å². The third kappa shape index (κ3) is 3.97. The third-order valence-electron chi connectivity index (χ3n) is 4.12. The van der Waals surface area contributed by atoms with Crippen molar-refractivity contribution in [2.75, 3.05) is 39.3 Å². The average molecular weight is 290 g/mol. The summed E-state index contributed by atoms with van der Waals surface area (Å²) in [5, 5.41) is 0. The Morgan fingerprint density at radius 1 is 1.10 bits per heavy atom. The number of piperazine rings is 1. The summed E-state index contributed by atoms with van der Waals surface area (Å²) < 4.78 is 5.79. The van der Waals surface area contributed by atoms with Crippen LogP contribution in [0.3, 0.4) is 0 Å². The van der Waals surface area contributed by atoms with E-state index in [1.54, 1.807) is 0 Å². The second kappa shape index (κ2) is 6.94. The second-order valence-electron chi connectivity index (χ2n) is 5.83. The lowest BCUT2D eigenvalue weighted by molar-refractivity contribution is -0.135. The van der Waals surface area contributed by atoms with Crippen molar-refractivity contribution in [3.63, 3.8) is 0 Å². The van der Waals surface area contributed by atoms with E-state index >= 15 is 0 Å². The van der Waals surface area contributed by atoms with Crippen LogP contribution < -0.4 is 4.74 Å². The molecule has 4 heteroatoms. The van der Waals surface area contributed by atoms with Crippen LogP contribution in [0.15, 0.2) is 12.1 Å². The zero-order chi connectivity index (χ0) is 15.4. The number of likely N-dealkylation sites (N-methyl/N-ethyl adjacent to an activating group) is 1. The highest BCUT2D eigenvalue weighted by atomic mass is 16.5. The standard InChI is InChI=1S/C17H26N2O2/c1-5-18-6-8-19(9-7-18)16(20)12-21-17-14(3)10-13(2)11-15(17)4/h10-11H,5-9,12H2,1-4H3. The molecule has 0 unspecified atom stereocenters. The van der Waals surface area contributed by atoms with Gasteiger partial charge in [-0.25, -0.2) is 0 Å². The Kier molecular flexibility index (Phi) is 5.23. The van der Waals surface area contributed by atoms with Gasteiger partial charge < -0.3 is 14.5 Å². The highest BCUT2D eigenvalue weighted by Crippen LogP contribution is 2.24. The van der Waals surface area contributed by atoms with E-state index in [1.807, 2.05) is 18.7 Å². The molecule has 0 aliphatic carbocycles. The van der Waals surface area contributed by atoms with Crippen LogP contribution in [0, 0.1) is 20.8 Å². The van der Waals surface area contributed by atoms with Crippen molar-refractivity contribution in [1.82, 2.24) is 9.80 Å². The molecule has 1 heterocycles. The Bertz CT molecular complexity index is 483. The Morgan fingerprint density at radius 2 is 1.67 bits per heavy atom. The fourth-order valence-corrected chi connectivity index (χ4v) is 2.93. The summed E-state index contributed by atoms with van der Waals surface area (Å²) in [6.07, 6.45) is 0. The van der Waals surface area contributed by atoms with Crippen LogP contribution in [0.2, 0.25) is 0 Å². The van der Waals surface area contributed by atoms with Gasteiger partial charge in [-0.1, -0.05) is 24.6 Å². The Hall–Kier alpha value is -1.55. The predicted octanol–water partition coefficient (Wildman–Crippen LogP) is 2.15. The van der Waals surface area contributed by atoms with Gasteiger partial charge in [-0.05, 0) is 38.4 Å². The fraction of sp³-hybridized carbons (Fsp3) is 0.588. The normalized spacial score (nSPS) is 16.1. The first-order chi connectivity index (χ1) is 10.0. The molecule has 1 aliphatic heterocycles. The lowest BCUT2D eigenvalue weighted by Crippen LogP contribution is -2.49. The monoisotopic (exact) mass is 290 g/mol. The SMILES string of the molecule is CCN1CCN(C(=O)COc2c(C)cc(C)cc2C)CC1. The molecule has 1 saturated heterocycles. The number of hydrogen-bond acceptors (Lipinski definition) is 3. The van der Waals surface area contributed by atoms with Crippen molar-refractivity contribution in [2.24, 2.45) is 0 Å². The summed E-state index contributed by atoms with van der Waals surface area (Å²) in [5.41, 5.74) is 3.41. The minimum Gasteiger partial charge on any atom is -0.483 e. The van der Waals surface area contributed by atoms with E-state index in [1.165, 1.54) is 5.56 Å². The summed E-state index contributed by atoms with van der Waals surface area (Å²) in [6, 6.07) is 4.18. The number of carbonyl (C=O) groups is 1. The lowest BCUT2D eigenvalue weighted by atomic mass is 10.1. The molecular weight excluding hydrogens is 264 g/mol. The number of amides is 1. The molecule has 1 fully saturated rings. The molecule has 116 valence electrons.